The minimum absolute atomic E-state index is 0.162. The number of methoxy groups -OCH3 is 1. The van der Waals surface area contributed by atoms with Gasteiger partial charge in [0.15, 0.2) is 0 Å². The van der Waals surface area contributed by atoms with Crippen LogP contribution in [0.15, 0.2) is 0 Å². The maximum absolute atomic E-state index is 11.4. The Hall–Kier alpha value is -1.10. The highest BCUT2D eigenvalue weighted by Crippen LogP contribution is 2.17. The normalized spacial score (nSPS) is 18.1. The average molecular weight is 228 g/mol. The van der Waals surface area contributed by atoms with E-state index in [-0.39, 0.29) is 12.5 Å². The Morgan fingerprint density at radius 2 is 2.00 bits per heavy atom. The Morgan fingerprint density at radius 3 is 2.56 bits per heavy atom. The molecule has 1 saturated carbocycles. The lowest BCUT2D eigenvalue weighted by atomic mass is 10.2. The van der Waals surface area contributed by atoms with E-state index in [0.29, 0.717) is 6.04 Å². The van der Waals surface area contributed by atoms with Gasteiger partial charge in [0.1, 0.15) is 6.04 Å². The van der Waals surface area contributed by atoms with Gasteiger partial charge in [-0.2, -0.15) is 0 Å². The number of esters is 1. The zero-order valence-electron chi connectivity index (χ0n) is 9.91. The second-order valence-corrected chi connectivity index (χ2v) is 4.17. The SMILES string of the molecule is COC(=O)C(C)NC(=O)CNC1CCCC1. The fourth-order valence-electron chi connectivity index (χ4n) is 1.90. The first kappa shape index (κ1) is 13.0. The summed E-state index contributed by atoms with van der Waals surface area (Å²) in [6, 6.07) is -0.123. The van der Waals surface area contributed by atoms with Crippen LogP contribution in [-0.2, 0) is 14.3 Å². The second-order valence-electron chi connectivity index (χ2n) is 4.17. The molecule has 0 spiro atoms. The van der Waals surface area contributed by atoms with Gasteiger partial charge in [-0.15, -0.1) is 0 Å². The third-order valence-corrected chi connectivity index (χ3v) is 2.84. The molecule has 2 N–H and O–H groups in total. The molecule has 1 rings (SSSR count). The van der Waals surface area contributed by atoms with Crippen molar-refractivity contribution in [3.63, 3.8) is 0 Å². The zero-order valence-corrected chi connectivity index (χ0v) is 9.91. The van der Waals surface area contributed by atoms with Crippen LogP contribution < -0.4 is 10.6 Å². The highest BCUT2D eigenvalue weighted by molar-refractivity contribution is 5.85. The fraction of sp³-hybridized carbons (Fsp3) is 0.818. The summed E-state index contributed by atoms with van der Waals surface area (Å²) in [4.78, 5) is 22.5. The molecule has 0 aromatic rings. The molecule has 16 heavy (non-hydrogen) atoms. The maximum Gasteiger partial charge on any atom is 0.328 e. The third kappa shape index (κ3) is 4.18. The molecule has 0 bridgehead atoms. The maximum atomic E-state index is 11.4. The minimum Gasteiger partial charge on any atom is -0.467 e. The highest BCUT2D eigenvalue weighted by Gasteiger charge is 2.18. The van der Waals surface area contributed by atoms with Gasteiger partial charge in [-0.3, -0.25) is 4.79 Å². The van der Waals surface area contributed by atoms with Crippen LogP contribution in [0.5, 0.6) is 0 Å². The molecular weight excluding hydrogens is 208 g/mol. The van der Waals surface area contributed by atoms with Gasteiger partial charge < -0.3 is 15.4 Å². The largest absolute Gasteiger partial charge is 0.467 e. The average Bonchev–Trinajstić information content (AvgIpc) is 2.78. The predicted octanol–water partition coefficient (Wildman–Crippen LogP) is 0.196. The molecule has 1 atom stereocenters. The quantitative estimate of drug-likeness (QED) is 0.659. The van der Waals surface area contributed by atoms with Crippen molar-refractivity contribution in [2.24, 2.45) is 0 Å². The van der Waals surface area contributed by atoms with E-state index < -0.39 is 12.0 Å². The summed E-state index contributed by atoms with van der Waals surface area (Å²) >= 11 is 0. The molecule has 5 heteroatoms. The van der Waals surface area contributed by atoms with Crippen molar-refractivity contribution in [3.05, 3.63) is 0 Å². The van der Waals surface area contributed by atoms with Crippen LogP contribution in [0.4, 0.5) is 0 Å². The van der Waals surface area contributed by atoms with E-state index in [0.717, 1.165) is 12.8 Å². The molecule has 0 radical (unpaired) electrons. The molecule has 0 aliphatic heterocycles. The summed E-state index contributed by atoms with van der Waals surface area (Å²) in [7, 11) is 1.31. The lowest BCUT2D eigenvalue weighted by Crippen LogP contribution is -2.44. The molecule has 0 aromatic heterocycles. The van der Waals surface area contributed by atoms with Gasteiger partial charge in [-0.25, -0.2) is 4.79 Å². The summed E-state index contributed by atoms with van der Waals surface area (Å²) in [5.41, 5.74) is 0. The Balaban J connectivity index is 2.17. The first-order chi connectivity index (χ1) is 7.63. The van der Waals surface area contributed by atoms with Crippen molar-refractivity contribution in [2.75, 3.05) is 13.7 Å². The number of hydrogen-bond donors (Lipinski definition) is 2. The molecule has 1 unspecified atom stereocenters. The molecule has 1 aliphatic rings. The van der Waals surface area contributed by atoms with Crippen LogP contribution in [0, 0.1) is 0 Å². The van der Waals surface area contributed by atoms with Crippen LogP contribution in [0.3, 0.4) is 0 Å². The van der Waals surface area contributed by atoms with E-state index in [9.17, 15) is 9.59 Å². The van der Waals surface area contributed by atoms with Gasteiger partial charge in [0, 0.05) is 6.04 Å². The van der Waals surface area contributed by atoms with Crippen LogP contribution in [-0.4, -0.2) is 37.6 Å². The van der Waals surface area contributed by atoms with E-state index in [2.05, 4.69) is 15.4 Å². The summed E-state index contributed by atoms with van der Waals surface area (Å²) < 4.78 is 4.52. The fourth-order valence-corrected chi connectivity index (χ4v) is 1.90. The Bertz CT molecular complexity index is 250. The van der Waals surface area contributed by atoms with Crippen molar-refractivity contribution < 1.29 is 14.3 Å². The molecule has 1 fully saturated rings. The van der Waals surface area contributed by atoms with Crippen LogP contribution in [0.2, 0.25) is 0 Å². The molecular formula is C11H20N2O3. The highest BCUT2D eigenvalue weighted by atomic mass is 16.5. The number of amides is 1. The van der Waals surface area contributed by atoms with Crippen molar-refractivity contribution in [1.29, 1.82) is 0 Å². The van der Waals surface area contributed by atoms with Gasteiger partial charge in [0.05, 0.1) is 13.7 Å². The van der Waals surface area contributed by atoms with Crippen LogP contribution in [0.25, 0.3) is 0 Å². The first-order valence-electron chi connectivity index (χ1n) is 5.74. The number of nitrogens with one attached hydrogen (secondary N) is 2. The van der Waals surface area contributed by atoms with Crippen molar-refractivity contribution in [2.45, 2.75) is 44.7 Å². The summed E-state index contributed by atoms with van der Waals surface area (Å²) in [6.45, 7) is 1.88. The molecule has 0 heterocycles. The number of carbonyl (C=O) groups excluding carboxylic acids is 2. The molecule has 92 valence electrons. The summed E-state index contributed by atoms with van der Waals surface area (Å²) in [5.74, 6) is -0.584. The van der Waals surface area contributed by atoms with E-state index in [1.807, 2.05) is 0 Å². The molecule has 5 nitrogen and oxygen atoms in total. The van der Waals surface area contributed by atoms with Crippen molar-refractivity contribution in [3.8, 4) is 0 Å². The van der Waals surface area contributed by atoms with E-state index in [1.165, 1.54) is 20.0 Å². The number of hydrogen-bond acceptors (Lipinski definition) is 4. The Morgan fingerprint density at radius 1 is 1.38 bits per heavy atom. The van der Waals surface area contributed by atoms with Crippen LogP contribution >= 0.6 is 0 Å². The lowest BCUT2D eigenvalue weighted by Gasteiger charge is -2.14. The smallest absolute Gasteiger partial charge is 0.328 e. The number of carbonyl (C=O) groups is 2. The molecule has 1 aliphatic carbocycles. The summed E-state index contributed by atoms with van der Waals surface area (Å²) in [6.07, 6.45) is 4.75. The minimum atomic E-state index is -0.581. The standard InChI is InChI=1S/C11H20N2O3/c1-8(11(15)16-2)13-10(14)7-12-9-5-3-4-6-9/h8-9,12H,3-7H2,1-2H3,(H,13,14). The Kier molecular flexibility index (Phi) is 5.25. The predicted molar refractivity (Wildman–Crippen MR) is 59.9 cm³/mol. The van der Waals surface area contributed by atoms with Gasteiger partial charge in [-0.1, -0.05) is 12.8 Å². The van der Waals surface area contributed by atoms with Gasteiger partial charge >= 0.3 is 5.97 Å². The number of ether oxygens (including phenoxy) is 1. The Labute approximate surface area is 95.9 Å². The third-order valence-electron chi connectivity index (χ3n) is 2.84. The van der Waals surface area contributed by atoms with Gasteiger partial charge in [0.2, 0.25) is 5.91 Å². The monoisotopic (exact) mass is 228 g/mol. The molecule has 0 aromatic carbocycles. The molecule has 1 amide bonds. The lowest BCUT2D eigenvalue weighted by molar-refractivity contribution is -0.144. The topological polar surface area (TPSA) is 67.4 Å². The van der Waals surface area contributed by atoms with Crippen molar-refractivity contribution >= 4 is 11.9 Å². The zero-order chi connectivity index (χ0) is 12.0. The first-order valence-corrected chi connectivity index (χ1v) is 5.74. The van der Waals surface area contributed by atoms with Gasteiger partial charge in [0.25, 0.3) is 0 Å². The molecule has 0 saturated heterocycles. The van der Waals surface area contributed by atoms with E-state index in [4.69, 9.17) is 0 Å². The van der Waals surface area contributed by atoms with Crippen LogP contribution in [0.1, 0.15) is 32.6 Å². The second kappa shape index (κ2) is 6.48. The van der Waals surface area contributed by atoms with Gasteiger partial charge in [-0.05, 0) is 19.8 Å². The van der Waals surface area contributed by atoms with E-state index in [1.54, 1.807) is 6.92 Å². The van der Waals surface area contributed by atoms with Crippen molar-refractivity contribution in [1.82, 2.24) is 10.6 Å². The van der Waals surface area contributed by atoms with E-state index >= 15 is 0 Å². The number of rotatable bonds is 5. The summed E-state index contributed by atoms with van der Waals surface area (Å²) in [5, 5.41) is 5.76.